The first kappa shape index (κ1) is 11.4. The van der Waals surface area contributed by atoms with Crippen LogP contribution < -0.4 is 10.6 Å². The summed E-state index contributed by atoms with van der Waals surface area (Å²) in [6, 6.07) is 6.81. The van der Waals surface area contributed by atoms with E-state index in [0.717, 1.165) is 19.6 Å². The molecule has 1 aliphatic rings. The summed E-state index contributed by atoms with van der Waals surface area (Å²) < 4.78 is 5.44. The third-order valence-corrected chi connectivity index (χ3v) is 3.35. The minimum absolute atomic E-state index is 0.492. The Labute approximate surface area is 97.2 Å². The second kappa shape index (κ2) is 4.85. The zero-order valence-corrected chi connectivity index (χ0v) is 10.1. The third-order valence-electron chi connectivity index (χ3n) is 3.35. The lowest BCUT2D eigenvalue weighted by Crippen LogP contribution is -2.33. The van der Waals surface area contributed by atoms with Gasteiger partial charge in [0.1, 0.15) is 0 Å². The quantitative estimate of drug-likeness (QED) is 0.842. The molecule has 1 atom stereocenters. The van der Waals surface area contributed by atoms with Crippen LogP contribution in [-0.2, 0) is 11.3 Å². The van der Waals surface area contributed by atoms with Crippen molar-refractivity contribution in [3.8, 4) is 0 Å². The third kappa shape index (κ3) is 2.06. The molecule has 1 aromatic carbocycles. The summed E-state index contributed by atoms with van der Waals surface area (Å²) >= 11 is 0. The highest BCUT2D eigenvalue weighted by Crippen LogP contribution is 2.27. The molecule has 0 spiro atoms. The van der Waals surface area contributed by atoms with E-state index in [2.05, 4.69) is 37.1 Å². The minimum Gasteiger partial charge on any atom is -0.379 e. The normalized spacial score (nSPS) is 20.1. The van der Waals surface area contributed by atoms with E-state index < -0.39 is 0 Å². The number of hydrogen-bond acceptors (Lipinski definition) is 3. The minimum atomic E-state index is 0.492. The van der Waals surface area contributed by atoms with Crippen LogP contribution in [-0.4, -0.2) is 26.3 Å². The van der Waals surface area contributed by atoms with Crippen LogP contribution in [0.1, 0.15) is 17.5 Å². The van der Waals surface area contributed by atoms with Crippen molar-refractivity contribution in [2.75, 3.05) is 25.2 Å². The molecule has 1 heterocycles. The van der Waals surface area contributed by atoms with Crippen LogP contribution in [0.25, 0.3) is 0 Å². The summed E-state index contributed by atoms with van der Waals surface area (Å²) in [6.07, 6.45) is 1.11. The lowest BCUT2D eigenvalue weighted by molar-refractivity contribution is 0.193. The summed E-state index contributed by atoms with van der Waals surface area (Å²) in [5.41, 5.74) is 9.58. The van der Waals surface area contributed by atoms with Crippen molar-refractivity contribution in [1.29, 1.82) is 0 Å². The maximum Gasteiger partial charge on any atom is 0.0670 e. The Balaban J connectivity index is 2.30. The molecule has 1 unspecified atom stereocenters. The summed E-state index contributed by atoms with van der Waals surface area (Å²) in [6.45, 7) is 4.43. The number of nitrogens with zero attached hydrogens (tertiary/aromatic N) is 1. The van der Waals surface area contributed by atoms with Crippen LogP contribution in [0.2, 0.25) is 0 Å². The van der Waals surface area contributed by atoms with Crippen molar-refractivity contribution < 1.29 is 4.74 Å². The van der Waals surface area contributed by atoms with Crippen LogP contribution >= 0.6 is 0 Å². The first-order valence-electron chi connectivity index (χ1n) is 5.83. The first-order valence-corrected chi connectivity index (χ1v) is 5.83. The fourth-order valence-corrected chi connectivity index (χ4v) is 2.40. The molecular weight excluding hydrogens is 200 g/mol. The molecule has 0 aromatic heterocycles. The Morgan fingerprint density at radius 2 is 2.31 bits per heavy atom. The Morgan fingerprint density at radius 3 is 2.94 bits per heavy atom. The van der Waals surface area contributed by atoms with E-state index >= 15 is 0 Å². The van der Waals surface area contributed by atoms with Crippen molar-refractivity contribution in [3.63, 3.8) is 0 Å². The molecule has 16 heavy (non-hydrogen) atoms. The van der Waals surface area contributed by atoms with Crippen LogP contribution in [0, 0.1) is 6.92 Å². The maximum absolute atomic E-state index is 5.80. The summed E-state index contributed by atoms with van der Waals surface area (Å²) in [4.78, 5) is 2.32. The Bertz CT molecular complexity index is 359. The molecular formula is C13H20N2O. The van der Waals surface area contributed by atoms with Crippen molar-refractivity contribution in [2.24, 2.45) is 5.73 Å². The molecule has 0 radical (unpaired) electrons. The Hall–Kier alpha value is -1.06. The van der Waals surface area contributed by atoms with E-state index in [1.54, 1.807) is 0 Å². The molecule has 0 bridgehead atoms. The number of anilines is 1. The van der Waals surface area contributed by atoms with Gasteiger partial charge in [0.2, 0.25) is 0 Å². The lowest BCUT2D eigenvalue weighted by Gasteiger charge is -2.29. The standard InChI is InChI=1S/C13H20N2O/c1-10-4-3-5-11(8-14)13(10)15(2)12-6-7-16-9-12/h3-5,12H,6-9,14H2,1-2H3. The zero-order valence-electron chi connectivity index (χ0n) is 10.1. The molecule has 1 fully saturated rings. The second-order valence-corrected chi connectivity index (χ2v) is 4.42. The molecule has 2 rings (SSSR count). The average Bonchev–Trinajstić information content (AvgIpc) is 2.81. The highest BCUT2D eigenvalue weighted by molar-refractivity contribution is 5.59. The number of para-hydroxylation sites is 1. The number of hydrogen-bond donors (Lipinski definition) is 1. The van der Waals surface area contributed by atoms with Crippen LogP contribution in [0.4, 0.5) is 5.69 Å². The Morgan fingerprint density at radius 1 is 1.50 bits per heavy atom. The van der Waals surface area contributed by atoms with Gasteiger partial charge in [0.25, 0.3) is 0 Å². The van der Waals surface area contributed by atoms with E-state index in [-0.39, 0.29) is 0 Å². The molecule has 0 amide bonds. The van der Waals surface area contributed by atoms with Crippen molar-refractivity contribution in [3.05, 3.63) is 29.3 Å². The van der Waals surface area contributed by atoms with Crippen molar-refractivity contribution >= 4 is 5.69 Å². The number of likely N-dealkylation sites (N-methyl/N-ethyl adjacent to an activating group) is 1. The molecule has 2 N–H and O–H groups in total. The topological polar surface area (TPSA) is 38.5 Å². The van der Waals surface area contributed by atoms with Crippen LogP contribution in [0.15, 0.2) is 18.2 Å². The number of ether oxygens (including phenoxy) is 1. The number of nitrogens with two attached hydrogens (primary N) is 1. The zero-order chi connectivity index (χ0) is 11.5. The molecule has 0 saturated carbocycles. The van der Waals surface area contributed by atoms with Crippen molar-refractivity contribution in [2.45, 2.75) is 25.9 Å². The van der Waals surface area contributed by atoms with Gasteiger partial charge in [-0.25, -0.2) is 0 Å². The van der Waals surface area contributed by atoms with Gasteiger partial charge in [0.05, 0.1) is 12.6 Å². The van der Waals surface area contributed by atoms with E-state index in [4.69, 9.17) is 10.5 Å². The number of benzene rings is 1. The second-order valence-electron chi connectivity index (χ2n) is 4.42. The summed E-state index contributed by atoms with van der Waals surface area (Å²) in [7, 11) is 2.14. The van der Waals surface area contributed by atoms with Gasteiger partial charge in [-0.3, -0.25) is 0 Å². The van der Waals surface area contributed by atoms with Gasteiger partial charge in [-0.1, -0.05) is 18.2 Å². The highest BCUT2D eigenvalue weighted by Gasteiger charge is 2.22. The predicted octanol–water partition coefficient (Wildman–Crippen LogP) is 1.68. The van der Waals surface area contributed by atoms with Gasteiger partial charge in [-0.05, 0) is 24.5 Å². The average molecular weight is 220 g/mol. The maximum atomic E-state index is 5.80. The summed E-state index contributed by atoms with van der Waals surface area (Å²) in [5.74, 6) is 0. The highest BCUT2D eigenvalue weighted by atomic mass is 16.5. The molecule has 1 saturated heterocycles. The molecule has 3 heteroatoms. The summed E-state index contributed by atoms with van der Waals surface area (Å²) in [5, 5.41) is 0. The van der Waals surface area contributed by atoms with Gasteiger partial charge < -0.3 is 15.4 Å². The van der Waals surface area contributed by atoms with E-state index in [0.29, 0.717) is 12.6 Å². The lowest BCUT2D eigenvalue weighted by atomic mass is 10.1. The largest absolute Gasteiger partial charge is 0.379 e. The van der Waals surface area contributed by atoms with Gasteiger partial charge >= 0.3 is 0 Å². The van der Waals surface area contributed by atoms with E-state index in [1.807, 2.05) is 0 Å². The smallest absolute Gasteiger partial charge is 0.0670 e. The van der Waals surface area contributed by atoms with E-state index in [9.17, 15) is 0 Å². The molecule has 88 valence electrons. The number of rotatable bonds is 3. The molecule has 1 aromatic rings. The van der Waals surface area contributed by atoms with Gasteiger partial charge in [0, 0.05) is 25.9 Å². The van der Waals surface area contributed by atoms with Gasteiger partial charge in [-0.2, -0.15) is 0 Å². The monoisotopic (exact) mass is 220 g/mol. The van der Waals surface area contributed by atoms with Crippen LogP contribution in [0.3, 0.4) is 0 Å². The first-order chi connectivity index (χ1) is 7.74. The predicted molar refractivity (Wildman–Crippen MR) is 66.7 cm³/mol. The fourth-order valence-electron chi connectivity index (χ4n) is 2.40. The molecule has 1 aliphatic heterocycles. The van der Waals surface area contributed by atoms with Gasteiger partial charge in [0.15, 0.2) is 0 Å². The molecule has 0 aliphatic carbocycles. The number of aryl methyl sites for hydroxylation is 1. The van der Waals surface area contributed by atoms with Gasteiger partial charge in [-0.15, -0.1) is 0 Å². The van der Waals surface area contributed by atoms with E-state index in [1.165, 1.54) is 16.8 Å². The Kier molecular flexibility index (Phi) is 3.46. The molecule has 3 nitrogen and oxygen atoms in total. The fraction of sp³-hybridized carbons (Fsp3) is 0.538. The SMILES string of the molecule is Cc1cccc(CN)c1N(C)C1CCOC1. The van der Waals surface area contributed by atoms with Crippen molar-refractivity contribution in [1.82, 2.24) is 0 Å². The van der Waals surface area contributed by atoms with Crippen LogP contribution in [0.5, 0.6) is 0 Å².